The summed E-state index contributed by atoms with van der Waals surface area (Å²) in [5, 5.41) is 9.73. The largest absolute Gasteiger partial charge is 0.462 e. The van der Waals surface area contributed by atoms with Crippen molar-refractivity contribution >= 4 is 5.97 Å². The number of hydrogen-bond acceptors (Lipinski definition) is 5. The van der Waals surface area contributed by atoms with E-state index in [2.05, 4.69) is 5.92 Å². The maximum Gasteiger partial charge on any atom is 0.311 e. The highest BCUT2D eigenvalue weighted by Gasteiger charge is 2.29. The average molecular weight is 268 g/mol. The first-order valence-electron chi connectivity index (χ1n) is 6.08. The second kappa shape index (κ2) is 6.71. The van der Waals surface area contributed by atoms with Crippen LogP contribution in [0, 0.1) is 17.8 Å². The van der Waals surface area contributed by atoms with E-state index in [9.17, 15) is 9.90 Å². The highest BCUT2D eigenvalue weighted by Crippen LogP contribution is 2.18. The Bertz CT molecular complexity index is 374. The quantitative estimate of drug-likeness (QED) is 0.465. The molecule has 0 saturated carbocycles. The molecule has 0 aromatic rings. The fourth-order valence-corrected chi connectivity index (χ4v) is 1.36. The van der Waals surface area contributed by atoms with Crippen LogP contribution in [0.25, 0.3) is 0 Å². The second-order valence-electron chi connectivity index (χ2n) is 5.28. The van der Waals surface area contributed by atoms with Gasteiger partial charge < -0.3 is 19.3 Å². The number of rotatable bonds is 4. The molecular weight excluding hydrogens is 248 g/mol. The predicted molar refractivity (Wildman–Crippen MR) is 69.0 cm³/mol. The summed E-state index contributed by atoms with van der Waals surface area (Å²) in [5.74, 6) is 1.98. The SMILES string of the molecule is C#CCO[C@@H]1C=C[C@H](O)[C@@H](COC(=O)C(C)(C)C)O1. The van der Waals surface area contributed by atoms with Crippen LogP contribution in [0.5, 0.6) is 0 Å². The summed E-state index contributed by atoms with van der Waals surface area (Å²) < 4.78 is 15.7. The normalized spacial score (nSPS) is 26.8. The minimum Gasteiger partial charge on any atom is -0.462 e. The number of ether oxygens (including phenoxy) is 3. The van der Waals surface area contributed by atoms with Gasteiger partial charge in [0.05, 0.1) is 5.41 Å². The number of esters is 1. The molecule has 1 aliphatic rings. The van der Waals surface area contributed by atoms with Crippen LogP contribution in [-0.4, -0.2) is 42.8 Å². The Morgan fingerprint density at radius 1 is 1.47 bits per heavy atom. The number of carbonyl (C=O) groups is 1. The van der Waals surface area contributed by atoms with Crippen LogP contribution in [0.2, 0.25) is 0 Å². The molecule has 0 spiro atoms. The molecule has 1 rings (SSSR count). The highest BCUT2D eigenvalue weighted by molar-refractivity contribution is 5.75. The van der Waals surface area contributed by atoms with Gasteiger partial charge in [-0.2, -0.15) is 0 Å². The summed E-state index contributed by atoms with van der Waals surface area (Å²) in [6.07, 6.45) is 6.08. The van der Waals surface area contributed by atoms with E-state index in [0.717, 1.165) is 0 Å². The summed E-state index contributed by atoms with van der Waals surface area (Å²) in [4.78, 5) is 11.6. The Balaban J connectivity index is 2.47. The van der Waals surface area contributed by atoms with E-state index >= 15 is 0 Å². The van der Waals surface area contributed by atoms with E-state index < -0.39 is 23.9 Å². The molecule has 1 aliphatic heterocycles. The second-order valence-corrected chi connectivity index (χ2v) is 5.28. The van der Waals surface area contributed by atoms with Crippen molar-refractivity contribution in [1.82, 2.24) is 0 Å². The van der Waals surface area contributed by atoms with E-state index in [-0.39, 0.29) is 19.2 Å². The lowest BCUT2D eigenvalue weighted by molar-refractivity contribution is -0.188. The lowest BCUT2D eigenvalue weighted by Gasteiger charge is -2.29. The van der Waals surface area contributed by atoms with Gasteiger partial charge in [-0.15, -0.1) is 6.42 Å². The summed E-state index contributed by atoms with van der Waals surface area (Å²) in [7, 11) is 0. The van der Waals surface area contributed by atoms with Gasteiger partial charge in [0.2, 0.25) is 0 Å². The van der Waals surface area contributed by atoms with Crippen molar-refractivity contribution < 1.29 is 24.1 Å². The Hall–Kier alpha value is -1.35. The van der Waals surface area contributed by atoms with Crippen molar-refractivity contribution in [2.45, 2.75) is 39.3 Å². The zero-order chi connectivity index (χ0) is 14.5. The molecule has 19 heavy (non-hydrogen) atoms. The van der Waals surface area contributed by atoms with Crippen molar-refractivity contribution in [3.05, 3.63) is 12.2 Å². The van der Waals surface area contributed by atoms with Gasteiger partial charge in [-0.1, -0.05) is 12.0 Å². The third kappa shape index (κ3) is 5.03. The lowest BCUT2D eigenvalue weighted by atomic mass is 9.97. The predicted octanol–water partition coefficient (Wildman–Crippen LogP) is 0.867. The van der Waals surface area contributed by atoms with E-state index in [0.29, 0.717) is 0 Å². The Morgan fingerprint density at radius 3 is 2.74 bits per heavy atom. The molecule has 0 fully saturated rings. The molecule has 0 saturated heterocycles. The molecule has 3 atom stereocenters. The fourth-order valence-electron chi connectivity index (χ4n) is 1.36. The molecule has 0 bridgehead atoms. The summed E-state index contributed by atoms with van der Waals surface area (Å²) in [5.41, 5.74) is -0.588. The molecule has 0 amide bonds. The van der Waals surface area contributed by atoms with E-state index in [1.807, 2.05) is 0 Å². The van der Waals surface area contributed by atoms with Crippen LogP contribution in [0.4, 0.5) is 0 Å². The summed E-state index contributed by atoms with van der Waals surface area (Å²) in [6.45, 7) is 5.35. The van der Waals surface area contributed by atoms with Crippen molar-refractivity contribution in [3.63, 3.8) is 0 Å². The number of carbonyl (C=O) groups excluding carboxylic acids is 1. The van der Waals surface area contributed by atoms with E-state index in [4.69, 9.17) is 20.6 Å². The number of aliphatic hydroxyl groups excluding tert-OH is 1. The van der Waals surface area contributed by atoms with Crippen molar-refractivity contribution in [1.29, 1.82) is 0 Å². The van der Waals surface area contributed by atoms with Crippen molar-refractivity contribution in [3.8, 4) is 12.3 Å². The molecule has 5 heteroatoms. The van der Waals surface area contributed by atoms with Gasteiger partial charge in [0.1, 0.15) is 25.4 Å². The number of aliphatic hydroxyl groups is 1. The lowest BCUT2D eigenvalue weighted by Crippen LogP contribution is -2.41. The number of hydrogen-bond donors (Lipinski definition) is 1. The van der Waals surface area contributed by atoms with Crippen LogP contribution in [-0.2, 0) is 19.0 Å². The maximum absolute atomic E-state index is 11.6. The van der Waals surface area contributed by atoms with Crippen LogP contribution < -0.4 is 0 Å². The van der Waals surface area contributed by atoms with Gasteiger partial charge in [-0.3, -0.25) is 4.79 Å². The molecule has 1 heterocycles. The molecule has 5 nitrogen and oxygen atoms in total. The van der Waals surface area contributed by atoms with Crippen LogP contribution in [0.1, 0.15) is 20.8 Å². The average Bonchev–Trinajstić information content (AvgIpc) is 2.34. The molecule has 0 radical (unpaired) electrons. The third-order valence-corrected chi connectivity index (χ3v) is 2.48. The topological polar surface area (TPSA) is 65.0 Å². The molecule has 106 valence electrons. The van der Waals surface area contributed by atoms with Crippen molar-refractivity contribution in [2.24, 2.45) is 5.41 Å². The van der Waals surface area contributed by atoms with Gasteiger partial charge in [0, 0.05) is 0 Å². The minimum atomic E-state index is -0.835. The zero-order valence-corrected chi connectivity index (χ0v) is 11.5. The minimum absolute atomic E-state index is 0.0302. The van der Waals surface area contributed by atoms with E-state index in [1.165, 1.54) is 0 Å². The summed E-state index contributed by atoms with van der Waals surface area (Å²) >= 11 is 0. The molecular formula is C14H20O5. The molecule has 1 N–H and O–H groups in total. The van der Waals surface area contributed by atoms with Gasteiger partial charge in [0.15, 0.2) is 6.29 Å². The monoisotopic (exact) mass is 268 g/mol. The van der Waals surface area contributed by atoms with Crippen molar-refractivity contribution in [2.75, 3.05) is 13.2 Å². The third-order valence-electron chi connectivity index (χ3n) is 2.48. The first-order chi connectivity index (χ1) is 8.84. The van der Waals surface area contributed by atoms with Gasteiger partial charge >= 0.3 is 5.97 Å². The first kappa shape index (κ1) is 15.7. The first-order valence-corrected chi connectivity index (χ1v) is 6.08. The Kier molecular flexibility index (Phi) is 5.55. The Morgan fingerprint density at radius 2 is 2.16 bits per heavy atom. The van der Waals surface area contributed by atoms with Gasteiger partial charge in [-0.25, -0.2) is 0 Å². The van der Waals surface area contributed by atoms with Gasteiger partial charge in [-0.05, 0) is 26.8 Å². The molecule has 0 unspecified atom stereocenters. The number of terminal acetylenes is 1. The van der Waals surface area contributed by atoms with Crippen LogP contribution in [0.3, 0.4) is 0 Å². The molecule has 0 aliphatic carbocycles. The van der Waals surface area contributed by atoms with Crippen LogP contribution >= 0.6 is 0 Å². The summed E-state index contributed by atoms with van der Waals surface area (Å²) in [6, 6.07) is 0. The smallest absolute Gasteiger partial charge is 0.311 e. The van der Waals surface area contributed by atoms with E-state index in [1.54, 1.807) is 32.9 Å². The molecule has 0 aromatic heterocycles. The van der Waals surface area contributed by atoms with Gasteiger partial charge in [0.25, 0.3) is 0 Å². The fraction of sp³-hybridized carbons (Fsp3) is 0.643. The Labute approximate surface area is 113 Å². The maximum atomic E-state index is 11.6. The van der Waals surface area contributed by atoms with Crippen LogP contribution in [0.15, 0.2) is 12.2 Å². The highest BCUT2D eigenvalue weighted by atomic mass is 16.7. The zero-order valence-electron chi connectivity index (χ0n) is 11.5. The standard InChI is InChI=1S/C14H20O5/c1-5-8-17-12-7-6-10(15)11(19-12)9-18-13(16)14(2,3)4/h1,6-7,10-12,15H,8-9H2,2-4H3/t10-,11+,12-/m0/s1. The molecule has 0 aromatic carbocycles.